The van der Waals surface area contributed by atoms with Gasteiger partial charge < -0.3 is 0 Å². The minimum absolute atomic E-state index is 0.139. The first-order valence-electron chi connectivity index (χ1n) is 4.88. The molecule has 0 aliphatic rings. The highest BCUT2D eigenvalue weighted by molar-refractivity contribution is 6.03. The molecule has 0 aliphatic carbocycles. The number of carbonyl (C=O) groups excluding carboxylic acids is 1. The van der Waals surface area contributed by atoms with Crippen molar-refractivity contribution in [2.75, 3.05) is 0 Å². The highest BCUT2D eigenvalue weighted by atomic mass is 16.1. The maximum absolute atomic E-state index is 11.5. The largest absolute Gasteiger partial charge is 0.290 e. The molecule has 74 valence electrons. The summed E-state index contributed by atoms with van der Waals surface area (Å²) < 4.78 is 0. The minimum Gasteiger partial charge on any atom is -0.290 e. The third kappa shape index (κ3) is 3.58. The lowest BCUT2D eigenvalue weighted by atomic mass is 9.94. The zero-order valence-electron chi connectivity index (χ0n) is 9.35. The van der Waals surface area contributed by atoms with Crippen molar-refractivity contribution in [2.24, 2.45) is 5.92 Å². The van der Waals surface area contributed by atoms with Crippen molar-refractivity contribution in [3.63, 3.8) is 0 Å². The van der Waals surface area contributed by atoms with Crippen molar-refractivity contribution in [3.05, 3.63) is 23.3 Å². The fraction of sp³-hybridized carbons (Fsp3) is 0.583. The zero-order valence-corrected chi connectivity index (χ0v) is 9.35. The van der Waals surface area contributed by atoms with Crippen LogP contribution in [-0.2, 0) is 4.79 Å². The van der Waals surface area contributed by atoms with Crippen LogP contribution >= 0.6 is 0 Å². The van der Waals surface area contributed by atoms with Crippen LogP contribution in [0.5, 0.6) is 0 Å². The summed E-state index contributed by atoms with van der Waals surface area (Å²) in [5.41, 5.74) is 2.11. The molecule has 0 spiro atoms. The third-order valence-electron chi connectivity index (χ3n) is 2.63. The van der Waals surface area contributed by atoms with Crippen LogP contribution in [0.3, 0.4) is 0 Å². The van der Waals surface area contributed by atoms with E-state index < -0.39 is 0 Å². The van der Waals surface area contributed by atoms with Crippen molar-refractivity contribution in [1.29, 1.82) is 0 Å². The first kappa shape index (κ1) is 12.2. The summed E-state index contributed by atoms with van der Waals surface area (Å²) in [5, 5.41) is 0. The van der Waals surface area contributed by atoms with Gasteiger partial charge in [-0.25, -0.2) is 0 Å². The predicted molar refractivity (Wildman–Crippen MR) is 57.7 cm³/mol. The van der Waals surface area contributed by atoms with Gasteiger partial charge in [-0.15, -0.1) is 0 Å². The lowest BCUT2D eigenvalue weighted by Crippen LogP contribution is -2.03. The van der Waals surface area contributed by atoms with E-state index in [1.165, 1.54) is 5.57 Å². The first-order valence-corrected chi connectivity index (χ1v) is 4.88. The van der Waals surface area contributed by atoms with Crippen molar-refractivity contribution in [3.8, 4) is 0 Å². The van der Waals surface area contributed by atoms with Gasteiger partial charge in [0.25, 0.3) is 0 Å². The Morgan fingerprint density at radius 3 is 2.31 bits per heavy atom. The van der Waals surface area contributed by atoms with E-state index in [0.717, 1.165) is 12.0 Å². The average molecular weight is 180 g/mol. The Kier molecular flexibility index (Phi) is 5.36. The van der Waals surface area contributed by atoms with E-state index in [1.807, 2.05) is 20.8 Å². The van der Waals surface area contributed by atoms with Crippen LogP contribution in [0.4, 0.5) is 0 Å². The summed E-state index contributed by atoms with van der Waals surface area (Å²) >= 11 is 0. The maximum Gasteiger partial charge on any atom is 0.181 e. The highest BCUT2D eigenvalue weighted by Gasteiger charge is 2.08. The van der Waals surface area contributed by atoms with Crippen LogP contribution in [0.15, 0.2) is 23.3 Å². The van der Waals surface area contributed by atoms with E-state index in [2.05, 4.69) is 13.8 Å². The van der Waals surface area contributed by atoms with Gasteiger partial charge in [-0.1, -0.05) is 25.5 Å². The Hall–Kier alpha value is -0.850. The maximum atomic E-state index is 11.5. The molecule has 0 saturated heterocycles. The molecule has 0 aromatic rings. The molecule has 0 bridgehead atoms. The SMILES string of the molecule is C/C=C/C(=O)/C(C)=C(/C)C(C)CC. The quantitative estimate of drug-likeness (QED) is 0.605. The topological polar surface area (TPSA) is 17.1 Å². The molecule has 0 heterocycles. The predicted octanol–water partition coefficient (Wildman–Crippen LogP) is 3.51. The number of allylic oxidation sites excluding steroid dienone is 4. The monoisotopic (exact) mass is 180 g/mol. The van der Waals surface area contributed by atoms with E-state index in [1.54, 1.807) is 12.2 Å². The number of hydrogen-bond acceptors (Lipinski definition) is 1. The second-order valence-electron chi connectivity index (χ2n) is 3.48. The fourth-order valence-corrected chi connectivity index (χ4v) is 1.15. The van der Waals surface area contributed by atoms with E-state index in [9.17, 15) is 4.79 Å². The molecule has 0 N–H and O–H groups in total. The molecule has 1 unspecified atom stereocenters. The minimum atomic E-state index is 0.139. The van der Waals surface area contributed by atoms with Gasteiger partial charge in [0.2, 0.25) is 0 Å². The molecule has 0 rings (SSSR count). The van der Waals surface area contributed by atoms with Gasteiger partial charge in [-0.3, -0.25) is 4.79 Å². The normalized spacial score (nSPS) is 15.8. The lowest BCUT2D eigenvalue weighted by molar-refractivity contribution is -0.111. The Morgan fingerprint density at radius 2 is 1.92 bits per heavy atom. The summed E-state index contributed by atoms with van der Waals surface area (Å²) in [6, 6.07) is 0. The summed E-state index contributed by atoms with van der Waals surface area (Å²) in [5.74, 6) is 0.648. The summed E-state index contributed by atoms with van der Waals surface area (Å²) in [4.78, 5) is 11.5. The van der Waals surface area contributed by atoms with Gasteiger partial charge in [0.15, 0.2) is 5.78 Å². The fourth-order valence-electron chi connectivity index (χ4n) is 1.15. The Balaban J connectivity index is 4.70. The second-order valence-corrected chi connectivity index (χ2v) is 3.48. The Morgan fingerprint density at radius 1 is 1.38 bits per heavy atom. The van der Waals surface area contributed by atoms with Crippen LogP contribution in [0.1, 0.15) is 41.0 Å². The van der Waals surface area contributed by atoms with Crippen LogP contribution in [0.25, 0.3) is 0 Å². The lowest BCUT2D eigenvalue weighted by Gasteiger charge is -2.11. The van der Waals surface area contributed by atoms with E-state index in [-0.39, 0.29) is 5.78 Å². The summed E-state index contributed by atoms with van der Waals surface area (Å²) in [7, 11) is 0. The molecule has 0 aromatic heterocycles. The van der Waals surface area contributed by atoms with Crippen molar-refractivity contribution < 1.29 is 4.79 Å². The molecule has 13 heavy (non-hydrogen) atoms. The molecule has 0 saturated carbocycles. The number of carbonyl (C=O) groups is 1. The molecule has 1 nitrogen and oxygen atoms in total. The number of hydrogen-bond donors (Lipinski definition) is 0. The van der Waals surface area contributed by atoms with Gasteiger partial charge in [0.05, 0.1) is 0 Å². The van der Waals surface area contributed by atoms with E-state index in [4.69, 9.17) is 0 Å². The van der Waals surface area contributed by atoms with Gasteiger partial charge in [0, 0.05) is 0 Å². The summed E-state index contributed by atoms with van der Waals surface area (Å²) in [6.45, 7) is 10.1. The van der Waals surface area contributed by atoms with Gasteiger partial charge in [0.1, 0.15) is 0 Å². The van der Waals surface area contributed by atoms with Crippen molar-refractivity contribution >= 4 is 5.78 Å². The van der Waals surface area contributed by atoms with Crippen LogP contribution < -0.4 is 0 Å². The standard InChI is InChI=1S/C12H20O/c1-6-8-12(13)11(5)10(4)9(3)7-2/h6,8-9H,7H2,1-5H3/b8-6+,11-10-. The van der Waals surface area contributed by atoms with Crippen LogP contribution in [0, 0.1) is 5.92 Å². The van der Waals surface area contributed by atoms with Gasteiger partial charge >= 0.3 is 0 Å². The number of ketones is 1. The second kappa shape index (κ2) is 5.74. The first-order chi connectivity index (χ1) is 6.04. The zero-order chi connectivity index (χ0) is 10.4. The summed E-state index contributed by atoms with van der Waals surface area (Å²) in [6.07, 6.45) is 4.50. The Labute approximate surface area is 81.5 Å². The number of rotatable bonds is 4. The molecule has 0 aromatic carbocycles. The highest BCUT2D eigenvalue weighted by Crippen LogP contribution is 2.18. The molecule has 1 atom stereocenters. The molecule has 0 aliphatic heterocycles. The molecule has 1 heteroatoms. The van der Waals surface area contributed by atoms with E-state index in [0.29, 0.717) is 5.92 Å². The molecular formula is C12H20O. The molecule has 0 fully saturated rings. The van der Waals surface area contributed by atoms with Crippen LogP contribution in [-0.4, -0.2) is 5.78 Å². The van der Waals surface area contributed by atoms with Gasteiger partial charge in [-0.2, -0.15) is 0 Å². The van der Waals surface area contributed by atoms with E-state index >= 15 is 0 Å². The van der Waals surface area contributed by atoms with Crippen LogP contribution in [0.2, 0.25) is 0 Å². The Bertz CT molecular complexity index is 234. The van der Waals surface area contributed by atoms with Gasteiger partial charge in [-0.05, 0) is 44.8 Å². The third-order valence-corrected chi connectivity index (χ3v) is 2.63. The van der Waals surface area contributed by atoms with Crippen molar-refractivity contribution in [2.45, 2.75) is 41.0 Å². The molecular weight excluding hydrogens is 160 g/mol. The smallest absolute Gasteiger partial charge is 0.181 e. The van der Waals surface area contributed by atoms with Crippen molar-refractivity contribution in [1.82, 2.24) is 0 Å². The molecule has 0 radical (unpaired) electrons. The molecule has 0 amide bonds. The average Bonchev–Trinajstić information content (AvgIpc) is 2.14.